The number of hydrogen-bond donors (Lipinski definition) is 2. The molecule has 0 saturated carbocycles. The lowest BCUT2D eigenvalue weighted by molar-refractivity contribution is 0.0449. The molecule has 5 heteroatoms. The largest absolute Gasteiger partial charge is 0.381 e. The summed E-state index contributed by atoms with van der Waals surface area (Å²) in [5.41, 5.74) is 0.559. The first-order valence-corrected chi connectivity index (χ1v) is 8.78. The fourth-order valence-electron chi connectivity index (χ4n) is 4.27. The smallest absolute Gasteiger partial charge is 0.170 e. The molecule has 2 aromatic rings. The maximum absolute atomic E-state index is 14.3. The summed E-state index contributed by atoms with van der Waals surface area (Å²) in [4.78, 5) is 16.2. The Morgan fingerprint density at radius 1 is 1.33 bits per heavy atom. The van der Waals surface area contributed by atoms with Crippen LogP contribution in [0.3, 0.4) is 0 Å². The highest BCUT2D eigenvalue weighted by Crippen LogP contribution is 2.39. The minimum absolute atomic E-state index is 0.0843. The minimum atomic E-state index is -0.404. The Kier molecular flexibility index (Phi) is 4.14. The highest BCUT2D eigenvalue weighted by Gasteiger charge is 2.43. The molecular weight excluding hydrogens is 307 g/mol. The fourth-order valence-corrected chi connectivity index (χ4v) is 4.27. The van der Waals surface area contributed by atoms with Crippen molar-refractivity contribution >= 4 is 16.7 Å². The lowest BCUT2D eigenvalue weighted by atomic mass is 9.71. The molecule has 24 heavy (non-hydrogen) atoms. The maximum Gasteiger partial charge on any atom is 0.170 e. The van der Waals surface area contributed by atoms with E-state index in [2.05, 4.69) is 10.3 Å². The normalized spacial score (nSPS) is 25.4. The van der Waals surface area contributed by atoms with Gasteiger partial charge in [0.25, 0.3) is 0 Å². The molecule has 1 aromatic carbocycles. The van der Waals surface area contributed by atoms with Crippen molar-refractivity contribution in [1.29, 1.82) is 0 Å². The summed E-state index contributed by atoms with van der Waals surface area (Å²) in [5, 5.41) is 4.10. The molecule has 0 bridgehead atoms. The van der Waals surface area contributed by atoms with Crippen molar-refractivity contribution in [2.24, 2.45) is 11.3 Å². The first-order chi connectivity index (χ1) is 11.7. The van der Waals surface area contributed by atoms with Crippen LogP contribution in [0.15, 0.2) is 24.4 Å². The van der Waals surface area contributed by atoms with Gasteiger partial charge in [-0.05, 0) is 56.3 Å². The van der Waals surface area contributed by atoms with Crippen LogP contribution in [0.4, 0.5) is 4.39 Å². The highest BCUT2D eigenvalue weighted by atomic mass is 19.1. The van der Waals surface area contributed by atoms with Gasteiger partial charge in [0.2, 0.25) is 0 Å². The third-order valence-electron chi connectivity index (χ3n) is 5.62. The summed E-state index contributed by atoms with van der Waals surface area (Å²) in [5.74, 6) is 0.248. The number of Topliss-reactive ketones (excluding diaryl/α,β-unsaturated/α-hetero) is 1. The van der Waals surface area contributed by atoms with Crippen molar-refractivity contribution in [1.82, 2.24) is 10.3 Å². The second-order valence-electron chi connectivity index (χ2n) is 7.20. The molecule has 1 unspecified atom stereocenters. The van der Waals surface area contributed by atoms with Crippen molar-refractivity contribution in [3.8, 4) is 0 Å². The lowest BCUT2D eigenvalue weighted by Gasteiger charge is -2.33. The Balaban J connectivity index is 1.65. The van der Waals surface area contributed by atoms with Crippen LogP contribution < -0.4 is 5.32 Å². The zero-order valence-corrected chi connectivity index (χ0v) is 13.7. The number of benzene rings is 1. The number of carbonyl (C=O) groups is 1. The van der Waals surface area contributed by atoms with Crippen molar-refractivity contribution in [2.75, 3.05) is 26.3 Å². The third kappa shape index (κ3) is 2.76. The van der Waals surface area contributed by atoms with E-state index in [-0.39, 0.29) is 11.6 Å². The summed E-state index contributed by atoms with van der Waals surface area (Å²) in [7, 11) is 0. The highest BCUT2D eigenvalue weighted by molar-refractivity contribution is 6.03. The Morgan fingerprint density at radius 3 is 2.92 bits per heavy atom. The van der Waals surface area contributed by atoms with Gasteiger partial charge in [0, 0.05) is 42.3 Å². The predicted octanol–water partition coefficient (Wildman–Crippen LogP) is 3.29. The van der Waals surface area contributed by atoms with Crippen molar-refractivity contribution in [3.63, 3.8) is 0 Å². The molecule has 0 amide bonds. The van der Waals surface area contributed by atoms with E-state index >= 15 is 0 Å². The molecule has 2 aliphatic heterocycles. The van der Waals surface area contributed by atoms with Gasteiger partial charge in [-0.15, -0.1) is 0 Å². The van der Waals surface area contributed by atoms with Gasteiger partial charge in [0.15, 0.2) is 5.78 Å². The Hall–Kier alpha value is -1.72. The second-order valence-corrected chi connectivity index (χ2v) is 7.20. The number of hydrogen-bond acceptors (Lipinski definition) is 3. The number of carbonyl (C=O) groups excluding carboxylic acids is 1. The summed E-state index contributed by atoms with van der Waals surface area (Å²) in [6, 6.07) is 5.03. The number of aromatic nitrogens is 1. The van der Waals surface area contributed by atoms with E-state index in [0.717, 1.165) is 50.8 Å². The Bertz CT molecular complexity index is 743. The van der Waals surface area contributed by atoms with Gasteiger partial charge in [-0.3, -0.25) is 4.79 Å². The fraction of sp³-hybridized carbons (Fsp3) is 0.526. The van der Waals surface area contributed by atoms with Gasteiger partial charge in [-0.25, -0.2) is 4.39 Å². The number of ketones is 1. The Morgan fingerprint density at radius 2 is 2.17 bits per heavy atom. The molecule has 0 spiro atoms. The standard InChI is InChI=1S/C19H23FN2O2/c20-16-10-15(9-14-1-5-22-17(14)16)18(23)19(4-6-21-12-19)11-13-2-7-24-8-3-13/h1,5,9-10,13,21-22H,2-4,6-8,11-12H2. The molecule has 4 nitrogen and oxygen atoms in total. The number of aromatic amines is 1. The van der Waals surface area contributed by atoms with Crippen LogP contribution in [0, 0.1) is 17.2 Å². The van der Waals surface area contributed by atoms with Gasteiger partial charge >= 0.3 is 0 Å². The molecule has 2 aliphatic rings. The van der Waals surface area contributed by atoms with Crippen LogP contribution in [0.5, 0.6) is 0 Å². The predicted molar refractivity (Wildman–Crippen MR) is 90.7 cm³/mol. The van der Waals surface area contributed by atoms with Crippen LogP contribution >= 0.6 is 0 Å². The second kappa shape index (κ2) is 6.30. The van der Waals surface area contributed by atoms with Crippen LogP contribution in [-0.4, -0.2) is 37.1 Å². The van der Waals surface area contributed by atoms with E-state index < -0.39 is 5.41 Å². The summed E-state index contributed by atoms with van der Waals surface area (Å²) in [6.45, 7) is 3.11. The zero-order chi connectivity index (χ0) is 16.6. The molecule has 0 radical (unpaired) electrons. The molecule has 1 aromatic heterocycles. The molecule has 1 atom stereocenters. The van der Waals surface area contributed by atoms with Gasteiger partial charge in [-0.1, -0.05) is 0 Å². The molecule has 2 saturated heterocycles. The average Bonchev–Trinajstić information content (AvgIpc) is 3.25. The lowest BCUT2D eigenvalue weighted by Crippen LogP contribution is -2.37. The van der Waals surface area contributed by atoms with Crippen molar-refractivity contribution in [2.45, 2.75) is 25.7 Å². The number of ether oxygens (including phenoxy) is 1. The SMILES string of the molecule is O=C(c1cc(F)c2[nH]ccc2c1)C1(CC2CCOCC2)CCNC1. The van der Waals surface area contributed by atoms with E-state index in [9.17, 15) is 9.18 Å². The summed E-state index contributed by atoms with van der Waals surface area (Å²) < 4.78 is 19.7. The maximum atomic E-state index is 14.3. The number of nitrogens with one attached hydrogen (secondary N) is 2. The van der Waals surface area contributed by atoms with Crippen molar-refractivity contribution < 1.29 is 13.9 Å². The van der Waals surface area contributed by atoms with Crippen LogP contribution in [0.2, 0.25) is 0 Å². The van der Waals surface area contributed by atoms with E-state index in [1.165, 1.54) is 6.07 Å². The van der Waals surface area contributed by atoms with Gasteiger partial charge in [-0.2, -0.15) is 0 Å². The van der Waals surface area contributed by atoms with Crippen LogP contribution in [0.25, 0.3) is 10.9 Å². The minimum Gasteiger partial charge on any atom is -0.381 e. The average molecular weight is 330 g/mol. The molecule has 2 N–H and O–H groups in total. The molecule has 128 valence electrons. The van der Waals surface area contributed by atoms with E-state index in [1.807, 2.05) is 12.1 Å². The van der Waals surface area contributed by atoms with E-state index in [1.54, 1.807) is 6.20 Å². The molecular formula is C19H23FN2O2. The quantitative estimate of drug-likeness (QED) is 0.846. The van der Waals surface area contributed by atoms with Crippen LogP contribution in [-0.2, 0) is 4.74 Å². The van der Waals surface area contributed by atoms with E-state index in [4.69, 9.17) is 4.74 Å². The molecule has 4 rings (SSSR count). The van der Waals surface area contributed by atoms with Crippen molar-refractivity contribution in [3.05, 3.63) is 35.8 Å². The Labute approximate surface area is 140 Å². The molecule has 2 fully saturated rings. The van der Waals surface area contributed by atoms with E-state index in [0.29, 0.717) is 23.5 Å². The van der Waals surface area contributed by atoms with Gasteiger partial charge < -0.3 is 15.0 Å². The topological polar surface area (TPSA) is 54.1 Å². The molecule has 0 aliphatic carbocycles. The van der Waals surface area contributed by atoms with Gasteiger partial charge in [0.1, 0.15) is 5.82 Å². The number of H-pyrrole nitrogens is 1. The summed E-state index contributed by atoms with van der Waals surface area (Å²) >= 11 is 0. The number of rotatable bonds is 4. The number of fused-ring (bicyclic) bond motifs is 1. The van der Waals surface area contributed by atoms with Gasteiger partial charge in [0.05, 0.1) is 5.52 Å². The summed E-state index contributed by atoms with van der Waals surface area (Å²) in [6.07, 6.45) is 5.43. The molecule has 3 heterocycles. The zero-order valence-electron chi connectivity index (χ0n) is 13.7. The number of halogens is 1. The van der Waals surface area contributed by atoms with Crippen LogP contribution in [0.1, 0.15) is 36.0 Å². The first kappa shape index (κ1) is 15.8. The monoisotopic (exact) mass is 330 g/mol. The third-order valence-corrected chi connectivity index (χ3v) is 5.62. The first-order valence-electron chi connectivity index (χ1n) is 8.78.